The molecule has 1 aromatic carbocycles. The highest BCUT2D eigenvalue weighted by atomic mass is 19.4. The third-order valence-electron chi connectivity index (χ3n) is 2.60. The molecular weight excluding hydrogens is 297 g/mol. The minimum Gasteiger partial charge on any atom is -0.384 e. The monoisotopic (exact) mass is 314 g/mol. The van der Waals surface area contributed by atoms with Crippen LogP contribution >= 0.6 is 0 Å². The Morgan fingerprint density at radius 3 is 2.23 bits per heavy atom. The van der Waals surface area contributed by atoms with Crippen molar-refractivity contribution in [1.82, 2.24) is 4.98 Å². The quantitative estimate of drug-likeness (QED) is 0.257. The summed E-state index contributed by atoms with van der Waals surface area (Å²) in [5, 5.41) is 10.3. The summed E-state index contributed by atoms with van der Waals surface area (Å²) >= 11 is 0. The third kappa shape index (κ3) is 4.43. The molecule has 0 aliphatic carbocycles. The van der Waals surface area contributed by atoms with Crippen LogP contribution in [0, 0.1) is 5.41 Å². The number of hydrogen-bond donors (Lipinski definition) is 5. The molecule has 0 bridgehead atoms. The Bertz CT molecular complexity index is 630. The summed E-state index contributed by atoms with van der Waals surface area (Å²) in [4.78, 5) is 3.85. The zero-order chi connectivity index (χ0) is 16.8. The molecule has 8 N–H and O–H groups in total. The van der Waals surface area contributed by atoms with E-state index >= 15 is 0 Å². The first kappa shape index (κ1) is 17.4. The van der Waals surface area contributed by atoms with Gasteiger partial charge in [0, 0.05) is 19.5 Å². The number of pyridine rings is 1. The number of hydrazine groups is 1. The number of aromatic nitrogens is 1. The number of nitrogens with one attached hydrogen (secondary N) is 2. The van der Waals surface area contributed by atoms with Gasteiger partial charge in [-0.1, -0.05) is 0 Å². The van der Waals surface area contributed by atoms with E-state index < -0.39 is 11.7 Å². The Kier molecular flexibility index (Phi) is 5.84. The van der Waals surface area contributed by atoms with Gasteiger partial charge in [0.05, 0.1) is 16.8 Å². The van der Waals surface area contributed by atoms with Crippen molar-refractivity contribution in [3.63, 3.8) is 0 Å². The molecule has 1 aromatic heterocycles. The zero-order valence-electron chi connectivity index (χ0n) is 11.4. The van der Waals surface area contributed by atoms with E-state index in [1.165, 1.54) is 24.5 Å². The van der Waals surface area contributed by atoms with Crippen LogP contribution in [0.1, 0.15) is 12.6 Å². The molecule has 0 unspecified atom stereocenters. The maximum Gasteiger partial charge on any atom is 0.416 e. The molecule has 0 aliphatic rings. The van der Waals surface area contributed by atoms with E-state index in [9.17, 15) is 13.2 Å². The Labute approximate surface area is 126 Å². The molecule has 0 spiro atoms. The molecule has 0 radical (unpaired) electrons. The summed E-state index contributed by atoms with van der Waals surface area (Å²) in [5.74, 6) is 7.83. The largest absolute Gasteiger partial charge is 0.416 e. The van der Waals surface area contributed by atoms with Crippen LogP contribution in [0.3, 0.4) is 0 Å². The molecule has 9 heteroatoms. The van der Waals surface area contributed by atoms with E-state index in [4.69, 9.17) is 11.1 Å². The molecule has 2 aromatic rings. The van der Waals surface area contributed by atoms with Crippen LogP contribution in [0.4, 0.5) is 24.5 Å². The molecule has 0 saturated heterocycles. The maximum absolute atomic E-state index is 12.4. The van der Waals surface area contributed by atoms with Gasteiger partial charge in [-0.25, -0.2) is 0 Å². The van der Waals surface area contributed by atoms with Gasteiger partial charge >= 0.3 is 6.18 Å². The van der Waals surface area contributed by atoms with Gasteiger partial charge in [0.25, 0.3) is 0 Å². The normalized spacial score (nSPS) is 10.4. The maximum atomic E-state index is 12.4. The summed E-state index contributed by atoms with van der Waals surface area (Å²) in [5.41, 5.74) is 6.04. The van der Waals surface area contributed by atoms with E-state index in [2.05, 4.69) is 22.0 Å². The van der Waals surface area contributed by atoms with Crippen molar-refractivity contribution in [1.29, 1.82) is 5.41 Å². The molecule has 0 aliphatic heterocycles. The summed E-state index contributed by atoms with van der Waals surface area (Å²) in [7, 11) is 0. The van der Waals surface area contributed by atoms with E-state index in [0.717, 1.165) is 12.1 Å². The molecule has 0 fully saturated rings. The van der Waals surface area contributed by atoms with Crippen LogP contribution < -0.4 is 22.7 Å². The number of nitrogens with zero attached hydrogens (tertiary/aromatic N) is 1. The van der Waals surface area contributed by atoms with E-state index in [1.807, 2.05) is 0 Å². The average molecular weight is 314 g/mol. The molecule has 22 heavy (non-hydrogen) atoms. The Hall–Kier alpha value is -2.65. The Morgan fingerprint density at radius 2 is 1.73 bits per heavy atom. The fraction of sp³-hybridized carbons (Fsp3) is 0.0769. The van der Waals surface area contributed by atoms with Crippen molar-refractivity contribution in [2.45, 2.75) is 6.18 Å². The van der Waals surface area contributed by atoms with Gasteiger partial charge in [0.1, 0.15) is 5.84 Å². The molecule has 0 atom stereocenters. The predicted octanol–water partition coefficient (Wildman–Crippen LogP) is 2.19. The van der Waals surface area contributed by atoms with Crippen LogP contribution in [0.15, 0.2) is 42.7 Å². The number of nitrogens with two attached hydrogens (primary N) is 3. The molecule has 6 nitrogen and oxygen atoms in total. The second-order valence-electron chi connectivity index (χ2n) is 4.04. The van der Waals surface area contributed by atoms with Crippen molar-refractivity contribution in [3.8, 4) is 0 Å². The van der Waals surface area contributed by atoms with Crippen molar-refractivity contribution in [2.75, 3.05) is 5.32 Å². The van der Waals surface area contributed by atoms with Crippen molar-refractivity contribution >= 4 is 17.2 Å². The SMILES string of the molecule is N=C(N)c1cnccc1Nc1ccc(C(F)(F)F)cc1.NN.[HH]. The molecule has 120 valence electrons. The summed E-state index contributed by atoms with van der Waals surface area (Å²) in [6.07, 6.45) is -1.45. The van der Waals surface area contributed by atoms with Crippen molar-refractivity contribution in [2.24, 2.45) is 17.4 Å². The Morgan fingerprint density at radius 1 is 1.14 bits per heavy atom. The lowest BCUT2D eigenvalue weighted by Crippen LogP contribution is -2.13. The number of amidine groups is 1. The first-order valence-electron chi connectivity index (χ1n) is 5.94. The van der Waals surface area contributed by atoms with Gasteiger partial charge in [-0.2, -0.15) is 13.2 Å². The number of hydrogen-bond acceptors (Lipinski definition) is 5. The minimum absolute atomic E-state index is 0. The number of alkyl halides is 3. The summed E-state index contributed by atoms with van der Waals surface area (Å²) in [6.45, 7) is 0. The molecule has 2 rings (SSSR count). The standard InChI is InChI=1S/C13H11F3N4.H4N2.H2/c14-13(15,16)8-1-3-9(4-2-8)20-11-5-6-19-7-10(11)12(17)18;1-2;/h1-7H,(H3,17,18)(H,19,20);1-2H2;1H. The van der Waals surface area contributed by atoms with Crippen LogP contribution in [-0.2, 0) is 6.18 Å². The van der Waals surface area contributed by atoms with Gasteiger partial charge in [-0.05, 0) is 30.3 Å². The lowest BCUT2D eigenvalue weighted by molar-refractivity contribution is -0.137. The second kappa shape index (κ2) is 7.38. The zero-order valence-corrected chi connectivity index (χ0v) is 11.4. The first-order valence-corrected chi connectivity index (χ1v) is 5.94. The van der Waals surface area contributed by atoms with Gasteiger partial charge < -0.3 is 11.1 Å². The van der Waals surface area contributed by atoms with Crippen LogP contribution in [0.2, 0.25) is 0 Å². The highest BCUT2D eigenvalue weighted by molar-refractivity contribution is 6.00. The van der Waals surface area contributed by atoms with Gasteiger partial charge in [-0.3, -0.25) is 22.1 Å². The molecule has 0 saturated carbocycles. The smallest absolute Gasteiger partial charge is 0.384 e. The lowest BCUT2D eigenvalue weighted by atomic mass is 10.1. The predicted molar refractivity (Wildman–Crippen MR) is 80.5 cm³/mol. The number of benzene rings is 1. The van der Waals surface area contributed by atoms with Gasteiger partial charge in [-0.15, -0.1) is 0 Å². The molecule has 0 amide bonds. The third-order valence-corrected chi connectivity index (χ3v) is 2.60. The fourth-order valence-electron chi connectivity index (χ4n) is 1.62. The summed E-state index contributed by atoms with van der Waals surface area (Å²) < 4.78 is 37.3. The number of nitrogen functional groups attached to an aromatic ring is 1. The minimum atomic E-state index is -4.36. The van der Waals surface area contributed by atoms with Crippen LogP contribution in [0.5, 0.6) is 0 Å². The number of halogens is 3. The van der Waals surface area contributed by atoms with Crippen molar-refractivity contribution in [3.05, 3.63) is 53.9 Å². The topological polar surface area (TPSA) is 127 Å². The van der Waals surface area contributed by atoms with E-state index in [1.54, 1.807) is 6.07 Å². The van der Waals surface area contributed by atoms with E-state index in [-0.39, 0.29) is 7.26 Å². The number of anilines is 2. The fourth-order valence-corrected chi connectivity index (χ4v) is 1.62. The highest BCUT2D eigenvalue weighted by Gasteiger charge is 2.29. The molecular formula is C13H17F3N6. The van der Waals surface area contributed by atoms with Crippen LogP contribution in [-0.4, -0.2) is 10.8 Å². The molecule has 1 heterocycles. The average Bonchev–Trinajstić information content (AvgIpc) is 2.49. The highest BCUT2D eigenvalue weighted by Crippen LogP contribution is 2.30. The summed E-state index contributed by atoms with van der Waals surface area (Å²) in [6, 6.07) is 6.18. The lowest BCUT2D eigenvalue weighted by Gasteiger charge is -2.12. The van der Waals surface area contributed by atoms with Crippen LogP contribution in [0.25, 0.3) is 0 Å². The Balaban J connectivity index is 0.00000155. The van der Waals surface area contributed by atoms with E-state index in [0.29, 0.717) is 16.9 Å². The number of rotatable bonds is 3. The second-order valence-corrected chi connectivity index (χ2v) is 4.04. The van der Waals surface area contributed by atoms with Gasteiger partial charge in [0.15, 0.2) is 0 Å². The van der Waals surface area contributed by atoms with Gasteiger partial charge in [0.2, 0.25) is 0 Å². The van der Waals surface area contributed by atoms with Crippen molar-refractivity contribution < 1.29 is 14.6 Å². The first-order chi connectivity index (χ1) is 10.4.